The van der Waals surface area contributed by atoms with E-state index in [2.05, 4.69) is 17.9 Å². The maximum atomic E-state index is 13.4. The van der Waals surface area contributed by atoms with Crippen molar-refractivity contribution < 1.29 is 4.79 Å². The molecule has 7 heteroatoms. The molecule has 1 aromatic carbocycles. The number of fused-ring (bicyclic) bond motifs is 1. The number of benzene rings is 1. The van der Waals surface area contributed by atoms with Crippen molar-refractivity contribution in [3.05, 3.63) is 45.1 Å². The molecule has 0 radical (unpaired) electrons. The topological polar surface area (TPSA) is 45.6 Å². The summed E-state index contributed by atoms with van der Waals surface area (Å²) in [5, 5.41) is 1.05. The molecule has 0 saturated carbocycles. The normalized spacial score (nSPS) is 18.8. The fourth-order valence-corrected chi connectivity index (χ4v) is 5.52. The number of para-hydroxylation sites is 1. The van der Waals surface area contributed by atoms with Crippen LogP contribution >= 0.6 is 24.0 Å². The molecule has 0 aliphatic carbocycles. The minimum absolute atomic E-state index is 0.0758. The third-order valence-corrected chi connectivity index (χ3v) is 7.25. The molecular weight excluding hydrogens is 414 g/mol. The fraction of sp³-hybridized carbons (Fsp3) is 0.435. The molecule has 2 aromatic rings. The van der Waals surface area contributed by atoms with Gasteiger partial charge in [-0.1, -0.05) is 55.5 Å². The predicted octanol–water partition coefficient (Wildman–Crippen LogP) is 4.53. The molecule has 4 rings (SSSR count). The lowest BCUT2D eigenvalue weighted by atomic mass is 10.0. The van der Waals surface area contributed by atoms with E-state index in [4.69, 9.17) is 12.2 Å². The van der Waals surface area contributed by atoms with Gasteiger partial charge in [0.15, 0.2) is 0 Å². The van der Waals surface area contributed by atoms with E-state index in [0.29, 0.717) is 21.3 Å². The van der Waals surface area contributed by atoms with Crippen molar-refractivity contribution in [3.8, 4) is 0 Å². The standard InChI is InChI=1S/C23H27N3O2S2/c1-3-4-14-26-22(28)19(30-23(26)29)15-17-20(25-12-8-5-9-13-25)16-10-6-7-11-18(16)24(2)21(17)27/h6-7,10-11,15H,3-5,8-9,12-14H2,1-2H3. The minimum atomic E-state index is -0.0849. The van der Waals surface area contributed by atoms with Gasteiger partial charge in [-0.15, -0.1) is 0 Å². The fourth-order valence-electron chi connectivity index (χ4n) is 4.23. The van der Waals surface area contributed by atoms with E-state index in [1.807, 2.05) is 18.2 Å². The molecule has 158 valence electrons. The third-order valence-electron chi connectivity index (χ3n) is 5.87. The van der Waals surface area contributed by atoms with Gasteiger partial charge in [0, 0.05) is 32.1 Å². The quantitative estimate of drug-likeness (QED) is 0.504. The molecule has 0 N–H and O–H groups in total. The number of unbranched alkanes of at least 4 members (excludes halogenated alkanes) is 1. The van der Waals surface area contributed by atoms with Crippen LogP contribution in [0.4, 0.5) is 5.69 Å². The number of carbonyl (C=O) groups is 1. The molecule has 2 saturated heterocycles. The summed E-state index contributed by atoms with van der Waals surface area (Å²) in [7, 11) is 1.80. The monoisotopic (exact) mass is 441 g/mol. The molecule has 2 fully saturated rings. The number of hydrogen-bond acceptors (Lipinski definition) is 5. The van der Waals surface area contributed by atoms with Crippen molar-refractivity contribution in [2.24, 2.45) is 7.05 Å². The largest absolute Gasteiger partial charge is 0.370 e. The lowest BCUT2D eigenvalue weighted by Gasteiger charge is -2.31. The van der Waals surface area contributed by atoms with Crippen LogP contribution in [0.3, 0.4) is 0 Å². The van der Waals surface area contributed by atoms with Crippen molar-refractivity contribution >= 4 is 56.9 Å². The number of anilines is 1. The van der Waals surface area contributed by atoms with Gasteiger partial charge in [0.05, 0.1) is 21.7 Å². The number of amides is 1. The van der Waals surface area contributed by atoms with Gasteiger partial charge in [-0.25, -0.2) is 0 Å². The molecule has 2 aliphatic heterocycles. The Hall–Kier alpha value is -2.12. The van der Waals surface area contributed by atoms with Crippen molar-refractivity contribution in [1.29, 1.82) is 0 Å². The summed E-state index contributed by atoms with van der Waals surface area (Å²) >= 11 is 6.76. The van der Waals surface area contributed by atoms with E-state index in [-0.39, 0.29) is 11.5 Å². The van der Waals surface area contributed by atoms with Crippen LogP contribution in [0, 0.1) is 0 Å². The second kappa shape index (κ2) is 8.94. The maximum absolute atomic E-state index is 13.4. The number of aryl methyl sites for hydroxylation is 1. The first-order chi connectivity index (χ1) is 14.5. The summed E-state index contributed by atoms with van der Waals surface area (Å²) in [6.07, 6.45) is 7.13. The third kappa shape index (κ3) is 3.81. The van der Waals surface area contributed by atoms with E-state index in [1.165, 1.54) is 18.2 Å². The number of carbonyl (C=O) groups excluding carboxylic acids is 1. The molecule has 0 spiro atoms. The van der Waals surface area contributed by atoms with Crippen molar-refractivity contribution in [2.75, 3.05) is 24.5 Å². The summed E-state index contributed by atoms with van der Waals surface area (Å²) in [5.74, 6) is -0.0849. The molecule has 1 amide bonds. The highest BCUT2D eigenvalue weighted by Gasteiger charge is 2.32. The molecule has 30 heavy (non-hydrogen) atoms. The Morgan fingerprint density at radius 2 is 1.87 bits per heavy atom. The summed E-state index contributed by atoms with van der Waals surface area (Å²) in [5.41, 5.74) is 2.38. The first-order valence-corrected chi connectivity index (χ1v) is 11.9. The van der Waals surface area contributed by atoms with Gasteiger partial charge in [0.1, 0.15) is 4.32 Å². The van der Waals surface area contributed by atoms with Crippen LogP contribution < -0.4 is 10.5 Å². The molecule has 2 aliphatic rings. The van der Waals surface area contributed by atoms with Crippen molar-refractivity contribution in [2.45, 2.75) is 39.0 Å². The average molecular weight is 442 g/mol. The van der Waals surface area contributed by atoms with Crippen LogP contribution in [0.5, 0.6) is 0 Å². The smallest absolute Gasteiger partial charge is 0.266 e. The van der Waals surface area contributed by atoms with Crippen LogP contribution in [0.15, 0.2) is 34.0 Å². The molecule has 1 aromatic heterocycles. The SMILES string of the molecule is CCCCN1C(=O)C(=Cc2c(N3CCCCC3)c3ccccc3n(C)c2=O)SC1=S. The van der Waals surface area contributed by atoms with Crippen LogP contribution in [0.1, 0.15) is 44.6 Å². The number of nitrogens with zero attached hydrogens (tertiary/aromatic N) is 3. The Morgan fingerprint density at radius 3 is 2.60 bits per heavy atom. The second-order valence-corrected chi connectivity index (χ2v) is 9.55. The van der Waals surface area contributed by atoms with Gasteiger partial charge in [-0.05, 0) is 37.8 Å². The zero-order chi connectivity index (χ0) is 21.3. The first kappa shape index (κ1) is 21.1. The predicted molar refractivity (Wildman–Crippen MR) is 130 cm³/mol. The Morgan fingerprint density at radius 1 is 1.13 bits per heavy atom. The molecule has 0 atom stereocenters. The first-order valence-electron chi connectivity index (χ1n) is 10.6. The van der Waals surface area contributed by atoms with Crippen molar-refractivity contribution in [1.82, 2.24) is 9.47 Å². The van der Waals surface area contributed by atoms with E-state index in [9.17, 15) is 9.59 Å². The van der Waals surface area contributed by atoms with Crippen LogP contribution in [-0.4, -0.2) is 39.3 Å². The lowest BCUT2D eigenvalue weighted by Crippen LogP contribution is -2.33. The van der Waals surface area contributed by atoms with Crippen LogP contribution in [0.2, 0.25) is 0 Å². The Balaban J connectivity index is 1.87. The van der Waals surface area contributed by atoms with Gasteiger partial charge in [0.2, 0.25) is 0 Å². The van der Waals surface area contributed by atoms with Gasteiger partial charge >= 0.3 is 0 Å². The minimum Gasteiger partial charge on any atom is -0.370 e. The van der Waals surface area contributed by atoms with Crippen LogP contribution in [-0.2, 0) is 11.8 Å². The summed E-state index contributed by atoms with van der Waals surface area (Å²) in [6, 6.07) is 8.02. The van der Waals surface area contributed by atoms with Crippen molar-refractivity contribution in [3.63, 3.8) is 0 Å². The van der Waals surface area contributed by atoms with Gasteiger partial charge < -0.3 is 9.47 Å². The highest BCUT2D eigenvalue weighted by molar-refractivity contribution is 8.26. The van der Waals surface area contributed by atoms with E-state index >= 15 is 0 Å². The molecule has 0 unspecified atom stereocenters. The Kier molecular flexibility index (Phi) is 6.29. The van der Waals surface area contributed by atoms with Gasteiger partial charge in [-0.3, -0.25) is 14.5 Å². The number of rotatable bonds is 5. The van der Waals surface area contributed by atoms with E-state index in [0.717, 1.165) is 55.4 Å². The van der Waals surface area contributed by atoms with Crippen LogP contribution in [0.25, 0.3) is 17.0 Å². The zero-order valence-corrected chi connectivity index (χ0v) is 19.2. The highest BCUT2D eigenvalue weighted by Crippen LogP contribution is 2.36. The van der Waals surface area contributed by atoms with Gasteiger partial charge in [-0.2, -0.15) is 0 Å². The average Bonchev–Trinajstić information content (AvgIpc) is 3.03. The number of hydrogen-bond donors (Lipinski definition) is 0. The zero-order valence-electron chi connectivity index (χ0n) is 17.5. The second-order valence-electron chi connectivity index (χ2n) is 7.88. The number of thioether (sulfide) groups is 1. The van der Waals surface area contributed by atoms with Gasteiger partial charge in [0.25, 0.3) is 11.5 Å². The number of pyridine rings is 1. The Labute approximate surface area is 186 Å². The highest BCUT2D eigenvalue weighted by atomic mass is 32.2. The molecular formula is C23H27N3O2S2. The molecule has 0 bridgehead atoms. The molecule has 5 nitrogen and oxygen atoms in total. The Bertz CT molecular complexity index is 1080. The summed E-state index contributed by atoms with van der Waals surface area (Å²) in [6.45, 7) is 4.58. The molecule has 3 heterocycles. The van der Waals surface area contributed by atoms with E-state index in [1.54, 1.807) is 22.6 Å². The summed E-state index contributed by atoms with van der Waals surface area (Å²) in [4.78, 5) is 30.9. The summed E-state index contributed by atoms with van der Waals surface area (Å²) < 4.78 is 2.27. The number of piperidine rings is 1. The number of thiocarbonyl (C=S) groups is 1. The van der Waals surface area contributed by atoms with E-state index < -0.39 is 0 Å². The number of aromatic nitrogens is 1. The maximum Gasteiger partial charge on any atom is 0.266 e. The lowest BCUT2D eigenvalue weighted by molar-refractivity contribution is -0.122.